The average Bonchev–Trinajstić information content (AvgIpc) is 2.40. The molecule has 0 amide bonds. The summed E-state index contributed by atoms with van der Waals surface area (Å²) in [6, 6.07) is 5.97. The summed E-state index contributed by atoms with van der Waals surface area (Å²) in [5.74, 6) is -0.767. The molecule has 0 bridgehead atoms. The normalized spacial score (nSPS) is 18.2. The number of ether oxygens (including phenoxy) is 1. The van der Waals surface area contributed by atoms with Crippen molar-refractivity contribution < 1.29 is 14.6 Å². The van der Waals surface area contributed by atoms with Crippen LogP contribution in [0.5, 0.6) is 0 Å². The minimum atomic E-state index is -0.767. The quantitative estimate of drug-likeness (QED) is 0.923. The molecule has 1 fully saturated rings. The number of hydrogen-bond donors (Lipinski definition) is 1. The van der Waals surface area contributed by atoms with Gasteiger partial charge in [0.05, 0.1) is 19.6 Å². The van der Waals surface area contributed by atoms with Crippen LogP contribution in [0, 0.1) is 6.92 Å². The van der Waals surface area contributed by atoms with Crippen molar-refractivity contribution in [2.24, 2.45) is 0 Å². The van der Waals surface area contributed by atoms with Crippen molar-refractivity contribution in [2.75, 3.05) is 26.3 Å². The van der Waals surface area contributed by atoms with Gasteiger partial charge in [0, 0.05) is 23.6 Å². The highest BCUT2D eigenvalue weighted by Gasteiger charge is 2.25. The van der Waals surface area contributed by atoms with Gasteiger partial charge in [0.25, 0.3) is 0 Å². The van der Waals surface area contributed by atoms with Gasteiger partial charge in [-0.25, -0.2) is 0 Å². The number of carboxylic acids is 1. The molecule has 0 aromatic heterocycles. The third-order valence-electron chi connectivity index (χ3n) is 3.42. The molecule has 0 radical (unpaired) electrons. The van der Waals surface area contributed by atoms with Crippen LogP contribution in [0.3, 0.4) is 0 Å². The molecule has 1 aromatic carbocycles. The number of rotatable bonds is 4. The zero-order valence-corrected chi connectivity index (χ0v) is 12.5. The number of aryl methyl sites for hydroxylation is 1. The fourth-order valence-electron chi connectivity index (χ4n) is 2.39. The second kappa shape index (κ2) is 6.50. The van der Waals surface area contributed by atoms with Crippen molar-refractivity contribution in [3.05, 3.63) is 33.8 Å². The van der Waals surface area contributed by atoms with Crippen LogP contribution in [0.4, 0.5) is 0 Å². The van der Waals surface area contributed by atoms with Gasteiger partial charge in [-0.3, -0.25) is 9.69 Å². The van der Waals surface area contributed by atoms with Gasteiger partial charge in [-0.15, -0.1) is 0 Å². The van der Waals surface area contributed by atoms with Gasteiger partial charge < -0.3 is 9.84 Å². The Kier molecular flexibility index (Phi) is 4.96. The lowest BCUT2D eigenvalue weighted by Crippen LogP contribution is -2.39. The zero-order valence-electron chi connectivity index (χ0n) is 10.9. The molecule has 0 saturated carbocycles. The van der Waals surface area contributed by atoms with Crippen LogP contribution < -0.4 is 0 Å². The Bertz CT molecular complexity index is 458. The topological polar surface area (TPSA) is 49.8 Å². The number of halogens is 1. The maximum Gasteiger partial charge on any atom is 0.305 e. The van der Waals surface area contributed by atoms with E-state index >= 15 is 0 Å². The molecule has 4 nitrogen and oxygen atoms in total. The molecule has 5 heteroatoms. The van der Waals surface area contributed by atoms with Gasteiger partial charge >= 0.3 is 5.97 Å². The predicted octanol–water partition coefficient (Wildman–Crippen LogP) is 2.61. The molecule has 1 aliphatic rings. The fourth-order valence-corrected chi connectivity index (χ4v) is 2.63. The first-order chi connectivity index (χ1) is 9.08. The van der Waals surface area contributed by atoms with Crippen LogP contribution in [0.25, 0.3) is 0 Å². The Labute approximate surface area is 121 Å². The van der Waals surface area contributed by atoms with Crippen molar-refractivity contribution in [3.8, 4) is 0 Å². The van der Waals surface area contributed by atoms with E-state index in [-0.39, 0.29) is 12.5 Å². The monoisotopic (exact) mass is 327 g/mol. The van der Waals surface area contributed by atoms with E-state index in [0.717, 1.165) is 28.7 Å². The van der Waals surface area contributed by atoms with Gasteiger partial charge in [-0.2, -0.15) is 0 Å². The van der Waals surface area contributed by atoms with E-state index in [0.29, 0.717) is 13.2 Å². The maximum atomic E-state index is 11.1. The second-order valence-corrected chi connectivity index (χ2v) is 5.62. The van der Waals surface area contributed by atoms with E-state index in [2.05, 4.69) is 26.9 Å². The van der Waals surface area contributed by atoms with Gasteiger partial charge in [0.1, 0.15) is 0 Å². The molecule has 1 saturated heterocycles. The van der Waals surface area contributed by atoms with Crippen molar-refractivity contribution in [3.63, 3.8) is 0 Å². The third-order valence-corrected chi connectivity index (χ3v) is 4.31. The number of carboxylic acid groups (broad SMARTS) is 1. The summed E-state index contributed by atoms with van der Waals surface area (Å²) in [7, 11) is 0. The summed E-state index contributed by atoms with van der Waals surface area (Å²) < 4.78 is 6.39. The molecule has 2 rings (SSSR count). The summed E-state index contributed by atoms with van der Waals surface area (Å²) in [5.41, 5.74) is 2.19. The molecule has 1 atom stereocenters. The molecule has 1 unspecified atom stereocenters. The summed E-state index contributed by atoms with van der Waals surface area (Å²) in [6.07, 6.45) is 0.126. The molecule has 19 heavy (non-hydrogen) atoms. The largest absolute Gasteiger partial charge is 0.481 e. The SMILES string of the molecule is Cc1cc(C(CC(=O)O)N2CCOCC2)ccc1Br. The van der Waals surface area contributed by atoms with E-state index in [1.54, 1.807) is 0 Å². The Morgan fingerprint density at radius 2 is 2.16 bits per heavy atom. The fraction of sp³-hybridized carbons (Fsp3) is 0.500. The Morgan fingerprint density at radius 1 is 1.47 bits per heavy atom. The van der Waals surface area contributed by atoms with E-state index < -0.39 is 5.97 Å². The van der Waals surface area contributed by atoms with Crippen molar-refractivity contribution in [1.29, 1.82) is 0 Å². The van der Waals surface area contributed by atoms with Crippen molar-refractivity contribution in [2.45, 2.75) is 19.4 Å². The van der Waals surface area contributed by atoms with E-state index in [9.17, 15) is 4.79 Å². The summed E-state index contributed by atoms with van der Waals surface area (Å²) in [5, 5.41) is 9.13. The summed E-state index contributed by atoms with van der Waals surface area (Å²) >= 11 is 3.48. The minimum Gasteiger partial charge on any atom is -0.481 e. The van der Waals surface area contributed by atoms with Crippen LogP contribution in [-0.2, 0) is 9.53 Å². The molecular formula is C14H18BrNO3. The first-order valence-electron chi connectivity index (χ1n) is 6.37. The van der Waals surface area contributed by atoms with Crippen LogP contribution in [-0.4, -0.2) is 42.3 Å². The summed E-state index contributed by atoms with van der Waals surface area (Å²) in [6.45, 7) is 4.93. The highest BCUT2D eigenvalue weighted by molar-refractivity contribution is 9.10. The highest BCUT2D eigenvalue weighted by atomic mass is 79.9. The van der Waals surface area contributed by atoms with Crippen LogP contribution in [0.15, 0.2) is 22.7 Å². The molecule has 104 valence electrons. The molecule has 1 N–H and O–H groups in total. The first kappa shape index (κ1) is 14.5. The number of aliphatic carboxylic acids is 1. The zero-order chi connectivity index (χ0) is 13.8. The van der Waals surface area contributed by atoms with Gasteiger partial charge in [-0.1, -0.05) is 28.1 Å². The predicted molar refractivity (Wildman–Crippen MR) is 76.3 cm³/mol. The van der Waals surface area contributed by atoms with Gasteiger partial charge in [0.2, 0.25) is 0 Å². The Balaban J connectivity index is 2.24. The minimum absolute atomic E-state index is 0.0757. The third kappa shape index (κ3) is 3.78. The molecule has 1 aromatic rings. The maximum absolute atomic E-state index is 11.1. The smallest absolute Gasteiger partial charge is 0.305 e. The standard InChI is InChI=1S/C14H18BrNO3/c1-10-8-11(2-3-12(10)15)13(9-14(17)18)16-4-6-19-7-5-16/h2-3,8,13H,4-7,9H2,1H3,(H,17,18). The molecule has 1 heterocycles. The first-order valence-corrected chi connectivity index (χ1v) is 7.17. The van der Waals surface area contributed by atoms with Crippen LogP contribution in [0.1, 0.15) is 23.6 Å². The van der Waals surface area contributed by atoms with E-state index in [4.69, 9.17) is 9.84 Å². The Hall–Kier alpha value is -0.910. The number of morpholine rings is 1. The van der Waals surface area contributed by atoms with Crippen molar-refractivity contribution in [1.82, 2.24) is 4.90 Å². The van der Waals surface area contributed by atoms with Crippen LogP contribution >= 0.6 is 15.9 Å². The van der Waals surface area contributed by atoms with Crippen LogP contribution in [0.2, 0.25) is 0 Å². The van der Waals surface area contributed by atoms with Crippen molar-refractivity contribution >= 4 is 21.9 Å². The number of carbonyl (C=O) groups is 1. The van der Waals surface area contributed by atoms with Gasteiger partial charge in [-0.05, 0) is 24.1 Å². The number of nitrogens with zero attached hydrogens (tertiary/aromatic N) is 1. The average molecular weight is 328 g/mol. The number of hydrogen-bond acceptors (Lipinski definition) is 3. The lowest BCUT2D eigenvalue weighted by atomic mass is 9.99. The lowest BCUT2D eigenvalue weighted by Gasteiger charge is -2.34. The van der Waals surface area contributed by atoms with E-state index in [1.807, 2.05) is 19.1 Å². The van der Waals surface area contributed by atoms with E-state index in [1.165, 1.54) is 0 Å². The molecule has 0 spiro atoms. The lowest BCUT2D eigenvalue weighted by molar-refractivity contribution is -0.139. The Morgan fingerprint density at radius 3 is 2.74 bits per heavy atom. The molecule has 0 aliphatic carbocycles. The highest BCUT2D eigenvalue weighted by Crippen LogP contribution is 2.28. The second-order valence-electron chi connectivity index (χ2n) is 4.77. The number of benzene rings is 1. The molecule has 1 aliphatic heterocycles. The van der Waals surface area contributed by atoms with Gasteiger partial charge in [0.15, 0.2) is 0 Å². The summed E-state index contributed by atoms with van der Waals surface area (Å²) in [4.78, 5) is 13.3. The molecular weight excluding hydrogens is 310 g/mol.